The lowest BCUT2D eigenvalue weighted by Crippen LogP contribution is -2.15. The molecule has 0 atom stereocenters. The first kappa shape index (κ1) is 19.9. The summed E-state index contributed by atoms with van der Waals surface area (Å²) in [6.45, 7) is 1.29. The van der Waals surface area contributed by atoms with Crippen LogP contribution in [-0.4, -0.2) is 36.4 Å². The molecule has 0 bridgehead atoms. The molecule has 0 aromatic heterocycles. The van der Waals surface area contributed by atoms with Crippen molar-refractivity contribution in [3.8, 4) is 11.5 Å². The van der Waals surface area contributed by atoms with Gasteiger partial charge in [0.15, 0.2) is 5.70 Å². The Balaban J connectivity index is 2.23. The zero-order chi connectivity index (χ0) is 19.6. The number of amides is 1. The van der Waals surface area contributed by atoms with Gasteiger partial charge in [-0.2, -0.15) is 0 Å². The summed E-state index contributed by atoms with van der Waals surface area (Å²) >= 11 is 0. The number of anilines is 1. The summed E-state index contributed by atoms with van der Waals surface area (Å²) in [5.41, 5.74) is 0.540. The number of aliphatic hydroxyl groups excluding tert-OH is 2. The highest BCUT2D eigenvalue weighted by molar-refractivity contribution is 6.04. The summed E-state index contributed by atoms with van der Waals surface area (Å²) in [7, 11) is 1.49. The molecule has 27 heavy (non-hydrogen) atoms. The number of aliphatic hydroxyl groups is 2. The highest BCUT2D eigenvalue weighted by Gasteiger charge is 2.15. The van der Waals surface area contributed by atoms with Crippen molar-refractivity contribution >= 4 is 17.3 Å². The first-order chi connectivity index (χ1) is 13.1. The number of nitrogens with zero attached hydrogens (tertiary/aromatic N) is 2. The van der Waals surface area contributed by atoms with E-state index < -0.39 is 5.91 Å². The molecule has 142 valence electrons. The number of carbonyl (C=O) groups excluding carboxylic acids is 1. The maximum absolute atomic E-state index is 12.5. The van der Waals surface area contributed by atoms with Crippen LogP contribution in [-0.2, 0) is 4.79 Å². The quantitative estimate of drug-likeness (QED) is 0.373. The fraction of sp³-hybridized carbons (Fsp3) is 0.211. The van der Waals surface area contributed by atoms with Crippen molar-refractivity contribution in [2.45, 2.75) is 6.92 Å². The van der Waals surface area contributed by atoms with Gasteiger partial charge in [0, 0.05) is 0 Å². The van der Waals surface area contributed by atoms with E-state index in [1.165, 1.54) is 14.0 Å². The lowest BCUT2D eigenvalue weighted by Gasteiger charge is -2.10. The normalized spacial score (nSPS) is 11.8. The van der Waals surface area contributed by atoms with Crippen molar-refractivity contribution in [2.75, 3.05) is 25.6 Å². The third-order valence-electron chi connectivity index (χ3n) is 3.38. The van der Waals surface area contributed by atoms with E-state index in [0.29, 0.717) is 22.9 Å². The molecule has 0 unspecified atom stereocenters. The van der Waals surface area contributed by atoms with Gasteiger partial charge in [0.1, 0.15) is 29.6 Å². The number of hydrogen-bond acceptors (Lipinski definition) is 7. The van der Waals surface area contributed by atoms with Crippen molar-refractivity contribution in [1.29, 1.82) is 0 Å². The molecule has 0 saturated heterocycles. The molecule has 3 N–H and O–H groups in total. The van der Waals surface area contributed by atoms with Gasteiger partial charge in [-0.05, 0) is 31.2 Å². The zero-order valence-electron chi connectivity index (χ0n) is 15.0. The Kier molecular flexibility index (Phi) is 7.33. The third kappa shape index (κ3) is 5.55. The molecule has 0 radical (unpaired) electrons. The number of rotatable bonds is 8. The molecular formula is C19H21N3O5. The maximum Gasteiger partial charge on any atom is 0.279 e. The number of para-hydroxylation sites is 3. The van der Waals surface area contributed by atoms with E-state index >= 15 is 0 Å². The number of allylic oxidation sites excluding steroid dienone is 1. The first-order valence-corrected chi connectivity index (χ1v) is 8.15. The zero-order valence-corrected chi connectivity index (χ0v) is 15.0. The number of ether oxygens (including phenoxy) is 2. The molecule has 0 fully saturated rings. The van der Waals surface area contributed by atoms with E-state index in [4.69, 9.17) is 14.6 Å². The van der Waals surface area contributed by atoms with Crippen LogP contribution in [0.5, 0.6) is 11.5 Å². The highest BCUT2D eigenvalue weighted by Crippen LogP contribution is 2.28. The van der Waals surface area contributed by atoms with Crippen LogP contribution in [0.4, 0.5) is 11.4 Å². The van der Waals surface area contributed by atoms with E-state index in [1.807, 2.05) is 0 Å². The Hall–Kier alpha value is -3.39. The summed E-state index contributed by atoms with van der Waals surface area (Å²) in [6, 6.07) is 13.6. The molecule has 1 amide bonds. The summed E-state index contributed by atoms with van der Waals surface area (Å²) in [4.78, 5) is 12.5. The van der Waals surface area contributed by atoms with E-state index in [-0.39, 0.29) is 24.7 Å². The minimum Gasteiger partial charge on any atom is -0.510 e. The highest BCUT2D eigenvalue weighted by atomic mass is 16.5. The van der Waals surface area contributed by atoms with Crippen LogP contribution in [0, 0.1) is 0 Å². The van der Waals surface area contributed by atoms with Crippen LogP contribution in [0.25, 0.3) is 0 Å². The van der Waals surface area contributed by atoms with Gasteiger partial charge in [-0.1, -0.05) is 24.3 Å². The molecule has 2 rings (SSSR count). The van der Waals surface area contributed by atoms with E-state index in [1.54, 1.807) is 48.5 Å². The number of methoxy groups -OCH3 is 1. The largest absolute Gasteiger partial charge is 0.510 e. The van der Waals surface area contributed by atoms with Crippen LogP contribution in [0.2, 0.25) is 0 Å². The first-order valence-electron chi connectivity index (χ1n) is 8.15. The second kappa shape index (κ2) is 9.93. The van der Waals surface area contributed by atoms with Crippen LogP contribution < -0.4 is 14.8 Å². The minimum atomic E-state index is -0.642. The smallest absolute Gasteiger partial charge is 0.279 e. The van der Waals surface area contributed by atoms with Gasteiger partial charge in [-0.15, -0.1) is 10.2 Å². The average molecular weight is 371 g/mol. The van der Waals surface area contributed by atoms with Crippen molar-refractivity contribution in [3.63, 3.8) is 0 Å². The number of hydrogen-bond donors (Lipinski definition) is 3. The van der Waals surface area contributed by atoms with Gasteiger partial charge in [0.2, 0.25) is 0 Å². The Morgan fingerprint density at radius 2 is 1.78 bits per heavy atom. The second-order valence-corrected chi connectivity index (χ2v) is 5.33. The van der Waals surface area contributed by atoms with Crippen LogP contribution >= 0.6 is 0 Å². The SMILES string of the molecule is COc1ccccc1NC(=O)/C(N=Nc1ccccc1OCCO)=C(/C)O. The average Bonchev–Trinajstić information content (AvgIpc) is 2.67. The Bertz CT molecular complexity index is 845. The van der Waals surface area contributed by atoms with Gasteiger partial charge in [0.05, 0.1) is 19.4 Å². The maximum atomic E-state index is 12.5. The second-order valence-electron chi connectivity index (χ2n) is 5.33. The molecule has 0 saturated carbocycles. The number of carbonyl (C=O) groups is 1. The monoisotopic (exact) mass is 371 g/mol. The van der Waals surface area contributed by atoms with Gasteiger partial charge in [0.25, 0.3) is 5.91 Å². The number of nitrogens with one attached hydrogen (secondary N) is 1. The Morgan fingerprint density at radius 3 is 2.44 bits per heavy atom. The summed E-state index contributed by atoms with van der Waals surface area (Å²) in [5, 5.41) is 29.2. The van der Waals surface area contributed by atoms with Crippen molar-refractivity contribution in [3.05, 3.63) is 60.0 Å². The standard InChI is InChI=1S/C19H21N3O5/c1-13(24)18(19(25)20-14-7-3-5-9-16(14)26-2)22-21-15-8-4-6-10-17(15)27-12-11-23/h3-10,23-24H,11-12H2,1-2H3,(H,20,25)/b18-13+,22-21?. The molecule has 8 heteroatoms. The van der Waals surface area contributed by atoms with Crippen molar-refractivity contribution in [1.82, 2.24) is 0 Å². The molecule has 0 spiro atoms. The molecule has 8 nitrogen and oxygen atoms in total. The molecule has 0 aliphatic carbocycles. The fourth-order valence-electron chi connectivity index (χ4n) is 2.13. The molecule has 2 aromatic rings. The van der Waals surface area contributed by atoms with Crippen LogP contribution in [0.1, 0.15) is 6.92 Å². The fourth-order valence-corrected chi connectivity index (χ4v) is 2.13. The van der Waals surface area contributed by atoms with E-state index in [9.17, 15) is 9.90 Å². The Morgan fingerprint density at radius 1 is 1.11 bits per heavy atom. The molecule has 2 aromatic carbocycles. The van der Waals surface area contributed by atoms with Gasteiger partial charge in [-0.3, -0.25) is 4.79 Å². The predicted molar refractivity (Wildman–Crippen MR) is 100 cm³/mol. The number of benzene rings is 2. The minimum absolute atomic E-state index is 0.0997. The third-order valence-corrected chi connectivity index (χ3v) is 3.38. The summed E-state index contributed by atoms with van der Waals surface area (Å²) in [6.07, 6.45) is 0. The van der Waals surface area contributed by atoms with E-state index in [2.05, 4.69) is 15.5 Å². The molecule has 0 heterocycles. The summed E-state index contributed by atoms with van der Waals surface area (Å²) in [5.74, 6) is -0.0622. The van der Waals surface area contributed by atoms with Crippen LogP contribution in [0.3, 0.4) is 0 Å². The topological polar surface area (TPSA) is 113 Å². The molecule has 0 aliphatic rings. The predicted octanol–water partition coefficient (Wildman–Crippen LogP) is 3.58. The van der Waals surface area contributed by atoms with Crippen molar-refractivity contribution < 1.29 is 24.5 Å². The van der Waals surface area contributed by atoms with Gasteiger partial charge >= 0.3 is 0 Å². The van der Waals surface area contributed by atoms with Crippen molar-refractivity contribution in [2.24, 2.45) is 10.2 Å². The molecular weight excluding hydrogens is 350 g/mol. The Labute approximate surface area is 156 Å². The molecule has 0 aliphatic heterocycles. The van der Waals surface area contributed by atoms with E-state index in [0.717, 1.165) is 0 Å². The van der Waals surface area contributed by atoms with Crippen LogP contribution in [0.15, 0.2) is 70.2 Å². The number of azo groups is 1. The summed E-state index contributed by atoms with van der Waals surface area (Å²) < 4.78 is 10.6. The lowest BCUT2D eigenvalue weighted by molar-refractivity contribution is -0.113. The van der Waals surface area contributed by atoms with Gasteiger partial charge in [-0.25, -0.2) is 0 Å². The van der Waals surface area contributed by atoms with Gasteiger partial charge < -0.3 is 25.0 Å². The lowest BCUT2D eigenvalue weighted by atomic mass is 10.2.